The number of halogens is 3. The van der Waals surface area contributed by atoms with E-state index in [9.17, 15) is 0 Å². The molecule has 0 aliphatic carbocycles. The summed E-state index contributed by atoms with van der Waals surface area (Å²) in [5, 5.41) is 4.96. The molecule has 4 aromatic carbocycles. The molecule has 0 saturated heterocycles. The van der Waals surface area contributed by atoms with E-state index in [4.69, 9.17) is 43.7 Å². The van der Waals surface area contributed by atoms with E-state index in [1.165, 1.54) is 33.6 Å². The van der Waals surface area contributed by atoms with Gasteiger partial charge in [0.15, 0.2) is 0 Å². The van der Waals surface area contributed by atoms with E-state index in [-0.39, 0.29) is 26.2 Å². The summed E-state index contributed by atoms with van der Waals surface area (Å²) in [5.41, 5.74) is 0. The summed E-state index contributed by atoms with van der Waals surface area (Å²) in [7, 11) is -4.93. The first-order valence-corrected chi connectivity index (χ1v) is 26.4. The number of alkyl halides is 3. The van der Waals surface area contributed by atoms with Crippen molar-refractivity contribution in [1.82, 2.24) is 0 Å². The highest BCUT2D eigenvalue weighted by molar-refractivity contribution is 7.00. The number of benzene rings is 4. The third kappa shape index (κ3) is 12.6. The van der Waals surface area contributed by atoms with Crippen LogP contribution in [-0.2, 0) is 8.85 Å². The molecule has 4 aromatic rings. The van der Waals surface area contributed by atoms with Crippen LogP contribution in [0.5, 0.6) is 0 Å². The molecule has 0 amide bonds. The average molecular weight is 853 g/mol. The maximum absolute atomic E-state index is 7.07. The topological polar surface area (TPSA) is 18.5 Å². The minimum Gasteiger partial charge on any atom is -0.407 e. The van der Waals surface area contributed by atoms with Crippen molar-refractivity contribution in [3.63, 3.8) is 0 Å². The Morgan fingerprint density at radius 2 is 0.643 bits per heavy atom. The van der Waals surface area contributed by atoms with Gasteiger partial charge in [0.2, 0.25) is 0 Å². The molecule has 306 valence electrons. The van der Waals surface area contributed by atoms with E-state index in [0.717, 1.165) is 77.4 Å². The van der Waals surface area contributed by atoms with E-state index >= 15 is 0 Å². The molecule has 1 unspecified atom stereocenters. The highest BCUT2D eigenvalue weighted by Crippen LogP contribution is 2.38. The van der Waals surface area contributed by atoms with Crippen LogP contribution in [-0.4, -0.2) is 46.0 Å². The first-order valence-electron chi connectivity index (χ1n) is 21.3. The van der Waals surface area contributed by atoms with Crippen molar-refractivity contribution in [1.29, 1.82) is 0 Å². The van der Waals surface area contributed by atoms with Crippen LogP contribution in [0.4, 0.5) is 0 Å². The van der Waals surface area contributed by atoms with Gasteiger partial charge in [-0.15, -0.1) is 34.8 Å². The summed E-state index contributed by atoms with van der Waals surface area (Å²) in [5.74, 6) is 0. The SMILES string of the molecule is CC(C)(C)[Si](OCCCCCCC[C@@H](Cl)C(Cl)[C@@H](Cl)CCCCCCCO[Si](c1ccccc1)(c1ccccc1)C(C)(C)C)(c1ccccc1)c1ccccc1. The summed E-state index contributed by atoms with van der Waals surface area (Å²) in [6.07, 6.45) is 13.0. The van der Waals surface area contributed by atoms with Crippen molar-refractivity contribution in [3.05, 3.63) is 121 Å². The Kier molecular flexibility index (Phi) is 19.2. The second-order valence-corrected chi connectivity index (χ2v) is 27.8. The van der Waals surface area contributed by atoms with Crippen LogP contribution in [0.2, 0.25) is 10.1 Å². The Morgan fingerprint density at radius 1 is 0.393 bits per heavy atom. The van der Waals surface area contributed by atoms with Crippen molar-refractivity contribution in [2.75, 3.05) is 13.2 Å². The number of rotatable bonds is 24. The Bertz CT molecular complexity index is 1430. The molecule has 0 spiro atoms. The normalized spacial score (nSPS) is 14.4. The number of hydrogen-bond donors (Lipinski definition) is 0. The second-order valence-electron chi connectivity index (χ2n) is 17.6. The lowest BCUT2D eigenvalue weighted by Crippen LogP contribution is -2.66. The maximum Gasteiger partial charge on any atom is 0.261 e. The van der Waals surface area contributed by atoms with Crippen LogP contribution < -0.4 is 20.7 Å². The Morgan fingerprint density at radius 3 is 0.911 bits per heavy atom. The Hall–Kier alpha value is -1.90. The van der Waals surface area contributed by atoms with Gasteiger partial charge in [0, 0.05) is 13.2 Å². The molecule has 0 N–H and O–H groups in total. The lowest BCUT2D eigenvalue weighted by atomic mass is 10.0. The fourth-order valence-electron chi connectivity index (χ4n) is 8.46. The predicted molar refractivity (Wildman–Crippen MR) is 251 cm³/mol. The third-order valence-electron chi connectivity index (χ3n) is 11.4. The van der Waals surface area contributed by atoms with Gasteiger partial charge in [-0.25, -0.2) is 0 Å². The zero-order valence-electron chi connectivity index (χ0n) is 35.1. The Labute approximate surface area is 358 Å². The summed E-state index contributed by atoms with van der Waals surface area (Å²) >= 11 is 20.4. The fourth-order valence-corrected chi connectivity index (χ4v) is 18.7. The molecule has 0 aliphatic rings. The van der Waals surface area contributed by atoms with Crippen LogP contribution in [0.1, 0.15) is 119 Å². The van der Waals surface area contributed by atoms with Gasteiger partial charge in [-0.3, -0.25) is 0 Å². The molecule has 2 nitrogen and oxygen atoms in total. The molecule has 0 aliphatic heterocycles. The largest absolute Gasteiger partial charge is 0.407 e. The van der Waals surface area contributed by atoms with Crippen LogP contribution in [0.15, 0.2) is 121 Å². The van der Waals surface area contributed by atoms with Gasteiger partial charge >= 0.3 is 0 Å². The van der Waals surface area contributed by atoms with Crippen LogP contribution in [0.25, 0.3) is 0 Å². The van der Waals surface area contributed by atoms with Gasteiger partial charge in [-0.1, -0.05) is 214 Å². The van der Waals surface area contributed by atoms with E-state index in [2.05, 4.69) is 163 Å². The van der Waals surface area contributed by atoms with Crippen molar-refractivity contribution in [3.8, 4) is 0 Å². The molecule has 0 saturated carbocycles. The van der Waals surface area contributed by atoms with Crippen LogP contribution in [0, 0.1) is 0 Å². The van der Waals surface area contributed by atoms with E-state index < -0.39 is 16.6 Å². The van der Waals surface area contributed by atoms with Gasteiger partial charge in [0.1, 0.15) is 0 Å². The highest BCUT2D eigenvalue weighted by Gasteiger charge is 2.51. The average Bonchev–Trinajstić information content (AvgIpc) is 3.19. The number of hydrogen-bond acceptors (Lipinski definition) is 2. The van der Waals surface area contributed by atoms with Crippen molar-refractivity contribution in [2.45, 2.75) is 145 Å². The van der Waals surface area contributed by atoms with Crippen molar-refractivity contribution < 1.29 is 8.85 Å². The molecule has 0 radical (unpaired) electrons. The smallest absolute Gasteiger partial charge is 0.261 e. The Balaban J connectivity index is 1.11. The molecule has 3 atom stereocenters. The standard InChI is InChI=1S/C49H69Cl3O2Si2/c1-48(2,3)55(41-29-17-13-18-30-41,42-31-19-14-20-32-42)53-39-27-11-7-9-25-37-45(50)47(52)46(51)38-26-10-8-12-28-40-54-56(49(4,5)6,43-33-21-15-22-34-43)44-35-23-16-24-36-44/h13-24,29-36,45-47H,7-12,25-28,37-40H2,1-6H3/t45-,46+,47?. The van der Waals surface area contributed by atoms with Gasteiger partial charge in [-0.05, 0) is 56.5 Å². The lowest BCUT2D eigenvalue weighted by Gasteiger charge is -2.43. The van der Waals surface area contributed by atoms with Gasteiger partial charge in [0.25, 0.3) is 16.6 Å². The zero-order chi connectivity index (χ0) is 40.5. The minimum absolute atomic E-state index is 0.00633. The maximum atomic E-state index is 7.07. The molecule has 0 fully saturated rings. The van der Waals surface area contributed by atoms with Gasteiger partial charge in [-0.2, -0.15) is 0 Å². The first-order chi connectivity index (χ1) is 26.8. The van der Waals surface area contributed by atoms with E-state index in [1.807, 2.05) is 0 Å². The molecule has 0 bridgehead atoms. The molecular weight excluding hydrogens is 783 g/mol. The number of unbranched alkanes of at least 4 members (excludes halogenated alkanes) is 8. The first kappa shape index (κ1) is 46.8. The monoisotopic (exact) mass is 850 g/mol. The van der Waals surface area contributed by atoms with Crippen LogP contribution >= 0.6 is 34.8 Å². The quantitative estimate of drug-likeness (QED) is 0.0397. The molecular formula is C49H69Cl3O2Si2. The van der Waals surface area contributed by atoms with Crippen molar-refractivity contribution in [2.24, 2.45) is 0 Å². The van der Waals surface area contributed by atoms with Crippen LogP contribution in [0.3, 0.4) is 0 Å². The van der Waals surface area contributed by atoms with E-state index in [0.29, 0.717) is 0 Å². The van der Waals surface area contributed by atoms with Gasteiger partial charge in [0.05, 0.1) is 16.1 Å². The second kappa shape index (κ2) is 23.0. The van der Waals surface area contributed by atoms with E-state index in [1.54, 1.807) is 0 Å². The molecule has 0 heterocycles. The summed E-state index contributed by atoms with van der Waals surface area (Å²) in [6, 6.07) is 43.6. The third-order valence-corrected chi connectivity index (χ3v) is 23.3. The molecule has 4 rings (SSSR count). The van der Waals surface area contributed by atoms with Crippen molar-refractivity contribution >= 4 is 72.2 Å². The molecule has 56 heavy (non-hydrogen) atoms. The summed E-state index contributed by atoms with van der Waals surface area (Å²) < 4.78 is 14.1. The molecule has 0 aromatic heterocycles. The summed E-state index contributed by atoms with van der Waals surface area (Å²) in [6.45, 7) is 15.6. The summed E-state index contributed by atoms with van der Waals surface area (Å²) in [4.78, 5) is 0. The van der Waals surface area contributed by atoms with Gasteiger partial charge < -0.3 is 8.85 Å². The minimum atomic E-state index is -2.47. The lowest BCUT2D eigenvalue weighted by molar-refractivity contribution is 0.286. The fraction of sp³-hybridized carbons (Fsp3) is 0.510. The molecule has 7 heteroatoms. The predicted octanol–water partition coefficient (Wildman–Crippen LogP) is 12.6. The highest BCUT2D eigenvalue weighted by atomic mass is 35.5. The zero-order valence-corrected chi connectivity index (χ0v) is 39.4.